The van der Waals surface area contributed by atoms with Crippen molar-refractivity contribution in [1.29, 1.82) is 0 Å². The van der Waals surface area contributed by atoms with E-state index in [1.54, 1.807) is 56.3 Å². The molecule has 0 aliphatic carbocycles. The van der Waals surface area contributed by atoms with Crippen molar-refractivity contribution in [3.8, 4) is 0 Å². The summed E-state index contributed by atoms with van der Waals surface area (Å²) in [6.07, 6.45) is 35.9. The van der Waals surface area contributed by atoms with Crippen LogP contribution in [0.15, 0.2) is 0 Å². The molecule has 0 aliphatic heterocycles. The molecule has 0 fully saturated rings. The Labute approximate surface area is 271 Å². The fourth-order valence-corrected chi connectivity index (χ4v) is 22.1. The van der Waals surface area contributed by atoms with E-state index in [4.69, 9.17) is 38.5 Å². The van der Waals surface area contributed by atoms with Crippen LogP contribution in [0.3, 0.4) is 0 Å². The summed E-state index contributed by atoms with van der Waals surface area (Å²) in [5.74, 6) is 0. The quantitative estimate of drug-likeness (QED) is 0.0261. The predicted octanol–water partition coefficient (Wildman–Crippen LogP) is 11.0. The molecule has 6 N–H and O–H groups in total. The third kappa shape index (κ3) is 52.8. The third-order valence-electron chi connectivity index (χ3n) is 8.24. The fourth-order valence-electron chi connectivity index (χ4n) is 5.83. The third-order valence-corrected chi connectivity index (χ3v) is 24.4. The van der Waals surface area contributed by atoms with Gasteiger partial charge in [0.1, 0.15) is 0 Å². The van der Waals surface area contributed by atoms with E-state index in [0.29, 0.717) is 0 Å². The van der Waals surface area contributed by atoms with Crippen molar-refractivity contribution >= 4 is 34.0 Å². The monoisotopic (exact) mass is 768 g/mol. The zero-order chi connectivity index (χ0) is 33.3. The number of phosphoric acid groups is 2. The van der Waals surface area contributed by atoms with Gasteiger partial charge in [-0.25, -0.2) is 9.13 Å². The fraction of sp³-hybridized carbons (Fsp3) is 1.00. The molecule has 0 amide bonds. The minimum Gasteiger partial charge on any atom is -0.303 e. The first-order valence-electron chi connectivity index (χ1n) is 17.8. The van der Waals surface area contributed by atoms with Gasteiger partial charge in [-0.3, -0.25) is 0 Å². The molecule has 0 spiro atoms. The van der Waals surface area contributed by atoms with Crippen molar-refractivity contribution in [3.63, 3.8) is 0 Å². The Kier molecular flexibility index (Phi) is 38.7. The Morgan fingerprint density at radius 1 is 0.326 bits per heavy atom. The molecular formula is C32H74O8P2Sn. The Bertz CT molecular complexity index is 572. The SMILES string of the molecule is CCCCCCCCCCC[CH2][Sn]([CH2]CCC)([CH2]CCC)[CH2]CCCCCCCCCCC.O=P(O)(O)O.O=P(O)(O)O. The second-order valence-electron chi connectivity index (χ2n) is 12.6. The molecule has 0 rings (SSSR count). The Balaban J connectivity index is -0.00000136. The first kappa shape index (κ1) is 48.4. The maximum absolute atomic E-state index is 8.88. The van der Waals surface area contributed by atoms with Crippen LogP contribution in [-0.4, -0.2) is 47.7 Å². The molecule has 0 aromatic rings. The van der Waals surface area contributed by atoms with Crippen LogP contribution in [0.4, 0.5) is 0 Å². The summed E-state index contributed by atoms with van der Waals surface area (Å²) in [4.78, 5) is 43.1. The van der Waals surface area contributed by atoms with E-state index in [0.717, 1.165) is 0 Å². The molecule has 0 bridgehead atoms. The molecule has 0 saturated heterocycles. The van der Waals surface area contributed by atoms with Crippen LogP contribution in [0, 0.1) is 0 Å². The average Bonchev–Trinajstić information content (AvgIpc) is 2.90. The number of unbranched alkanes of at least 4 members (excludes halogenated alkanes) is 20. The minimum atomic E-state index is -4.64. The van der Waals surface area contributed by atoms with Gasteiger partial charge in [0.25, 0.3) is 0 Å². The topological polar surface area (TPSA) is 156 Å². The zero-order valence-corrected chi connectivity index (χ0v) is 33.3. The Morgan fingerprint density at radius 2 is 0.488 bits per heavy atom. The van der Waals surface area contributed by atoms with E-state index < -0.39 is 34.0 Å². The smallest absolute Gasteiger partial charge is 0.303 e. The van der Waals surface area contributed by atoms with E-state index in [-0.39, 0.29) is 0 Å². The predicted molar refractivity (Wildman–Crippen MR) is 187 cm³/mol. The second kappa shape index (κ2) is 34.4. The number of hydrogen-bond acceptors (Lipinski definition) is 2. The van der Waals surface area contributed by atoms with Crippen LogP contribution < -0.4 is 0 Å². The summed E-state index contributed by atoms with van der Waals surface area (Å²) in [6, 6.07) is 0. The molecule has 0 heterocycles. The maximum atomic E-state index is 8.88. The molecule has 11 heteroatoms. The van der Waals surface area contributed by atoms with E-state index >= 15 is 0 Å². The molecule has 8 nitrogen and oxygen atoms in total. The number of hydrogen-bond donors (Lipinski definition) is 6. The molecule has 264 valence electrons. The van der Waals surface area contributed by atoms with Crippen LogP contribution in [0.1, 0.15) is 182 Å². The Hall–Kier alpha value is 1.02. The van der Waals surface area contributed by atoms with Crippen LogP contribution in [0.5, 0.6) is 0 Å². The van der Waals surface area contributed by atoms with E-state index in [1.807, 2.05) is 0 Å². The van der Waals surface area contributed by atoms with Gasteiger partial charge >= 0.3 is 234 Å². The van der Waals surface area contributed by atoms with Crippen molar-refractivity contribution in [1.82, 2.24) is 0 Å². The summed E-state index contributed by atoms with van der Waals surface area (Å²) in [5.41, 5.74) is 0. The summed E-state index contributed by atoms with van der Waals surface area (Å²) in [6.45, 7) is 9.50. The molecular weight excluding hydrogens is 693 g/mol. The number of rotatable bonds is 28. The Morgan fingerprint density at radius 3 is 0.698 bits per heavy atom. The van der Waals surface area contributed by atoms with Gasteiger partial charge in [0.2, 0.25) is 0 Å². The van der Waals surface area contributed by atoms with Crippen LogP contribution >= 0.6 is 15.6 Å². The van der Waals surface area contributed by atoms with Crippen molar-refractivity contribution in [2.24, 2.45) is 0 Å². The molecule has 0 aromatic carbocycles. The van der Waals surface area contributed by atoms with Gasteiger partial charge in [-0.1, -0.05) is 0 Å². The summed E-state index contributed by atoms with van der Waals surface area (Å²) in [5, 5.41) is 0. The van der Waals surface area contributed by atoms with Crippen molar-refractivity contribution in [3.05, 3.63) is 0 Å². The zero-order valence-electron chi connectivity index (χ0n) is 28.7. The van der Waals surface area contributed by atoms with E-state index in [9.17, 15) is 0 Å². The molecule has 0 radical (unpaired) electrons. The van der Waals surface area contributed by atoms with E-state index in [2.05, 4.69) is 27.7 Å². The normalized spacial score (nSPS) is 12.0. The van der Waals surface area contributed by atoms with Crippen LogP contribution in [-0.2, 0) is 9.13 Å². The van der Waals surface area contributed by atoms with Gasteiger partial charge in [-0.05, 0) is 0 Å². The van der Waals surface area contributed by atoms with Gasteiger partial charge in [-0.2, -0.15) is 0 Å². The second-order valence-corrected chi connectivity index (χ2v) is 28.9. The van der Waals surface area contributed by atoms with Gasteiger partial charge in [0, 0.05) is 0 Å². The van der Waals surface area contributed by atoms with Crippen LogP contribution in [0.25, 0.3) is 0 Å². The van der Waals surface area contributed by atoms with Gasteiger partial charge in [-0.15, -0.1) is 0 Å². The van der Waals surface area contributed by atoms with Gasteiger partial charge in [0.05, 0.1) is 0 Å². The van der Waals surface area contributed by atoms with E-state index in [1.165, 1.54) is 116 Å². The molecule has 43 heavy (non-hydrogen) atoms. The molecule has 0 saturated carbocycles. The summed E-state index contributed by atoms with van der Waals surface area (Å²) >= 11 is -1.89. The van der Waals surface area contributed by atoms with Gasteiger partial charge in [0.15, 0.2) is 0 Å². The first-order chi connectivity index (χ1) is 20.2. The standard InChI is InChI=1S/2C12H25.2C4H9.2H3O4P.Sn/c2*1-3-5-7-9-11-12-10-8-6-4-2;2*1-3-4-2;2*1-5(2,3)4;/h2*1,3-12H2,2H3;2*1,3-4H2,2H3;2*(H3,1,2,3,4);. The molecule has 0 unspecified atom stereocenters. The van der Waals surface area contributed by atoms with Crippen molar-refractivity contribution in [2.45, 2.75) is 200 Å². The molecule has 0 aromatic heterocycles. The minimum absolute atomic E-state index is 1.38. The molecule has 0 atom stereocenters. The van der Waals surface area contributed by atoms with Crippen molar-refractivity contribution < 1.29 is 38.5 Å². The van der Waals surface area contributed by atoms with Gasteiger partial charge < -0.3 is 29.4 Å². The average molecular weight is 768 g/mol. The first-order valence-corrected chi connectivity index (χ1v) is 29.0. The van der Waals surface area contributed by atoms with Crippen LogP contribution in [0.2, 0.25) is 17.7 Å². The molecule has 0 aliphatic rings. The summed E-state index contributed by atoms with van der Waals surface area (Å²) < 4.78 is 24.7. The van der Waals surface area contributed by atoms with Crippen molar-refractivity contribution in [2.75, 3.05) is 0 Å². The summed E-state index contributed by atoms with van der Waals surface area (Å²) in [7, 11) is -9.28.